The number of aryl methyl sites for hydroxylation is 1. The molecule has 250 valence electrons. The van der Waals surface area contributed by atoms with Gasteiger partial charge in [-0.15, -0.1) is 0 Å². The molecule has 2 aliphatic carbocycles. The van der Waals surface area contributed by atoms with Gasteiger partial charge in [-0.05, 0) is 102 Å². The van der Waals surface area contributed by atoms with E-state index in [2.05, 4.69) is 118 Å². The fourth-order valence-corrected chi connectivity index (χ4v) is 6.40. The number of fused-ring (bicyclic) bond motifs is 1. The fourth-order valence-electron chi connectivity index (χ4n) is 6.40. The van der Waals surface area contributed by atoms with Crippen LogP contribution in [0.3, 0.4) is 0 Å². The third kappa shape index (κ3) is 14.1. The first-order chi connectivity index (χ1) is 22.5. The largest absolute Gasteiger partial charge is 0.0999 e. The molecule has 2 aliphatic rings. The van der Waals surface area contributed by atoms with Gasteiger partial charge in [-0.25, -0.2) is 0 Å². The highest BCUT2D eigenvalue weighted by Crippen LogP contribution is 2.28. The molecule has 2 aromatic carbocycles. The number of hydrogen-bond donors (Lipinski definition) is 0. The van der Waals surface area contributed by atoms with Gasteiger partial charge in [0.05, 0.1) is 0 Å². The number of hydrogen-bond acceptors (Lipinski definition) is 0. The van der Waals surface area contributed by atoms with Crippen molar-refractivity contribution in [2.24, 2.45) is 11.8 Å². The van der Waals surface area contributed by atoms with E-state index in [0.717, 1.165) is 25.2 Å². The van der Waals surface area contributed by atoms with Crippen LogP contribution in [0.25, 0.3) is 6.08 Å². The molecule has 0 spiro atoms. The Morgan fingerprint density at radius 1 is 0.826 bits per heavy atom. The van der Waals surface area contributed by atoms with Crippen LogP contribution in [0.2, 0.25) is 0 Å². The van der Waals surface area contributed by atoms with Crippen molar-refractivity contribution in [1.29, 1.82) is 0 Å². The number of benzene rings is 2. The lowest BCUT2D eigenvalue weighted by atomic mass is 9.89. The molecule has 0 amide bonds. The summed E-state index contributed by atoms with van der Waals surface area (Å²) in [5.74, 6) is 1.34. The molecule has 0 heteroatoms. The first-order valence-corrected chi connectivity index (χ1v) is 18.8. The average molecular weight is 619 g/mol. The molecule has 0 saturated carbocycles. The predicted octanol–water partition coefficient (Wildman–Crippen LogP) is 14.2. The van der Waals surface area contributed by atoms with Crippen molar-refractivity contribution in [3.8, 4) is 0 Å². The lowest BCUT2D eigenvalue weighted by Crippen LogP contribution is -2.01. The van der Waals surface area contributed by atoms with Gasteiger partial charge in [0.25, 0.3) is 0 Å². The van der Waals surface area contributed by atoms with E-state index in [4.69, 9.17) is 0 Å². The zero-order chi connectivity index (χ0) is 33.6. The maximum absolute atomic E-state index is 4.28. The van der Waals surface area contributed by atoms with Gasteiger partial charge in [-0.3, -0.25) is 0 Å². The van der Waals surface area contributed by atoms with E-state index in [1.165, 1.54) is 109 Å². The minimum atomic E-state index is 0.522. The van der Waals surface area contributed by atoms with Crippen molar-refractivity contribution in [2.75, 3.05) is 0 Å². The van der Waals surface area contributed by atoms with Crippen LogP contribution in [-0.4, -0.2) is 0 Å². The Morgan fingerprint density at radius 3 is 2.24 bits per heavy atom. The highest BCUT2D eigenvalue weighted by Gasteiger charge is 2.12. The van der Waals surface area contributed by atoms with Crippen molar-refractivity contribution in [1.82, 2.24) is 0 Å². The van der Waals surface area contributed by atoms with E-state index in [0.29, 0.717) is 5.92 Å². The van der Waals surface area contributed by atoms with E-state index in [-0.39, 0.29) is 0 Å². The second-order valence-corrected chi connectivity index (χ2v) is 12.9. The molecule has 0 aromatic heterocycles. The molecule has 0 N–H and O–H groups in total. The molecule has 2 unspecified atom stereocenters. The second-order valence-electron chi connectivity index (χ2n) is 12.9. The zero-order valence-corrected chi connectivity index (χ0v) is 30.7. The van der Waals surface area contributed by atoms with Crippen LogP contribution in [0.1, 0.15) is 140 Å². The fraction of sp³-hybridized carbons (Fsp3) is 0.478. The van der Waals surface area contributed by atoms with Crippen LogP contribution < -0.4 is 0 Å². The van der Waals surface area contributed by atoms with Crippen molar-refractivity contribution >= 4 is 6.08 Å². The Morgan fingerprint density at radius 2 is 1.54 bits per heavy atom. The van der Waals surface area contributed by atoms with Gasteiger partial charge in [0.15, 0.2) is 0 Å². The van der Waals surface area contributed by atoms with Crippen molar-refractivity contribution < 1.29 is 0 Å². The highest BCUT2D eigenvalue weighted by atomic mass is 14.2. The van der Waals surface area contributed by atoms with Crippen LogP contribution in [0.5, 0.6) is 0 Å². The van der Waals surface area contributed by atoms with E-state index >= 15 is 0 Å². The first-order valence-electron chi connectivity index (χ1n) is 18.8. The molecule has 0 heterocycles. The van der Waals surface area contributed by atoms with Gasteiger partial charge in [-0.2, -0.15) is 0 Å². The summed E-state index contributed by atoms with van der Waals surface area (Å²) in [6.07, 6.45) is 34.7. The smallest absolute Gasteiger partial charge is 0.00256 e. The average Bonchev–Trinajstić information content (AvgIpc) is 3.55. The molecular formula is C46H66. The Bertz CT molecular complexity index is 1290. The summed E-state index contributed by atoms with van der Waals surface area (Å²) in [5.41, 5.74) is 11.4. The van der Waals surface area contributed by atoms with Gasteiger partial charge in [0.2, 0.25) is 0 Å². The summed E-state index contributed by atoms with van der Waals surface area (Å²) < 4.78 is 0. The summed E-state index contributed by atoms with van der Waals surface area (Å²) in [4.78, 5) is 0. The molecule has 0 bridgehead atoms. The van der Waals surface area contributed by atoms with Crippen LogP contribution in [0.15, 0.2) is 108 Å². The SMILES string of the molecule is C=C(CCCC)CCCCC(C)CCCCc1cc(Cc2ccccc2)cc2c1/C=C/C=C(C1=CC(C)C=C1)\C=C\C2.CC.CC. The van der Waals surface area contributed by atoms with Crippen molar-refractivity contribution in [2.45, 2.75) is 132 Å². The van der Waals surface area contributed by atoms with Gasteiger partial charge >= 0.3 is 0 Å². The topological polar surface area (TPSA) is 0 Å². The molecular weight excluding hydrogens is 553 g/mol. The number of rotatable bonds is 16. The lowest BCUT2D eigenvalue weighted by Gasteiger charge is -2.16. The summed E-state index contributed by atoms with van der Waals surface area (Å²) in [6, 6.07) is 15.9. The molecule has 0 aliphatic heterocycles. The first kappa shape index (κ1) is 39.1. The lowest BCUT2D eigenvalue weighted by molar-refractivity contribution is 0.444. The third-order valence-electron chi connectivity index (χ3n) is 8.95. The van der Waals surface area contributed by atoms with E-state index < -0.39 is 0 Å². The zero-order valence-electron chi connectivity index (χ0n) is 30.7. The molecule has 4 rings (SSSR count). The third-order valence-corrected chi connectivity index (χ3v) is 8.95. The van der Waals surface area contributed by atoms with Crippen LogP contribution >= 0.6 is 0 Å². The normalized spacial score (nSPS) is 18.1. The highest BCUT2D eigenvalue weighted by molar-refractivity contribution is 5.63. The summed E-state index contributed by atoms with van der Waals surface area (Å²) in [5, 5.41) is 0. The summed E-state index contributed by atoms with van der Waals surface area (Å²) in [7, 11) is 0. The monoisotopic (exact) mass is 619 g/mol. The maximum atomic E-state index is 4.28. The second kappa shape index (κ2) is 23.2. The number of allylic oxidation sites excluding steroid dienone is 10. The van der Waals surface area contributed by atoms with Gasteiger partial charge in [0.1, 0.15) is 0 Å². The van der Waals surface area contributed by atoms with Crippen molar-refractivity contribution in [3.05, 3.63) is 136 Å². The van der Waals surface area contributed by atoms with E-state index in [1.807, 2.05) is 27.7 Å². The quantitative estimate of drug-likeness (QED) is 0.130. The molecule has 2 atom stereocenters. The van der Waals surface area contributed by atoms with Gasteiger partial charge in [-0.1, -0.05) is 184 Å². The van der Waals surface area contributed by atoms with E-state index in [9.17, 15) is 0 Å². The molecule has 0 saturated heterocycles. The van der Waals surface area contributed by atoms with Crippen molar-refractivity contribution in [3.63, 3.8) is 0 Å². The minimum absolute atomic E-state index is 0.522. The van der Waals surface area contributed by atoms with Gasteiger partial charge in [0, 0.05) is 0 Å². The molecule has 0 radical (unpaired) electrons. The molecule has 0 fully saturated rings. The van der Waals surface area contributed by atoms with Gasteiger partial charge < -0.3 is 0 Å². The molecule has 46 heavy (non-hydrogen) atoms. The minimum Gasteiger partial charge on any atom is -0.0999 e. The van der Waals surface area contributed by atoms with Crippen LogP contribution in [0.4, 0.5) is 0 Å². The Labute approximate surface area is 285 Å². The maximum Gasteiger partial charge on any atom is -0.00256 e. The van der Waals surface area contributed by atoms with E-state index in [1.54, 1.807) is 0 Å². The summed E-state index contributed by atoms with van der Waals surface area (Å²) in [6.45, 7) is 19.3. The Kier molecular flexibility index (Phi) is 19.7. The standard InChI is InChI=1S/C42H54.2C2H6/c1-5-6-16-33(2)17-10-11-18-34(3)19-12-13-22-40-31-37(30-36-20-8-7-9-21-36)32-41-25-14-23-38(24-15-26-42(40)41)39-28-27-35(4)29-39;2*1-2/h7-9,14-15,20-21,23-24,26-29,31-32,34-35H,2,5-6,10-13,16-19,22,25,30H2,1,3-4H3;2*1-2H3/b23-14+,26-15+,38-24+;;. The Hall–Kier alpha value is -3.12. The molecule has 0 nitrogen and oxygen atoms in total. The summed E-state index contributed by atoms with van der Waals surface area (Å²) >= 11 is 0. The Balaban J connectivity index is 0.00000177. The molecule has 2 aromatic rings. The number of unbranched alkanes of at least 4 members (excludes halogenated alkanes) is 3. The van der Waals surface area contributed by atoms with Crippen LogP contribution in [0, 0.1) is 11.8 Å². The predicted molar refractivity (Wildman–Crippen MR) is 209 cm³/mol. The van der Waals surface area contributed by atoms with Crippen LogP contribution in [-0.2, 0) is 19.3 Å².